The minimum absolute atomic E-state index is 0.402. The van der Waals surface area contributed by atoms with E-state index in [9.17, 15) is 0 Å². The summed E-state index contributed by atoms with van der Waals surface area (Å²) in [7, 11) is 1.75. The molecule has 1 aliphatic rings. The van der Waals surface area contributed by atoms with Crippen molar-refractivity contribution in [1.82, 2.24) is 5.32 Å². The summed E-state index contributed by atoms with van der Waals surface area (Å²) >= 11 is 0. The number of methoxy groups -OCH3 is 1. The standard InChI is InChI=1S/C11H23NO2/c1-9-7-11(8-10(2)14-9)12-5-4-6-13-3/h9-12H,4-8H2,1-3H3. The van der Waals surface area contributed by atoms with Crippen molar-refractivity contribution >= 4 is 0 Å². The van der Waals surface area contributed by atoms with Crippen molar-refractivity contribution in [2.24, 2.45) is 0 Å². The molecule has 0 spiro atoms. The first-order valence-electron chi connectivity index (χ1n) is 5.60. The minimum atomic E-state index is 0.402. The van der Waals surface area contributed by atoms with Crippen molar-refractivity contribution in [1.29, 1.82) is 0 Å². The smallest absolute Gasteiger partial charge is 0.0565 e. The van der Waals surface area contributed by atoms with Crippen molar-refractivity contribution in [2.45, 2.75) is 51.4 Å². The lowest BCUT2D eigenvalue weighted by Crippen LogP contribution is -2.41. The first-order valence-corrected chi connectivity index (χ1v) is 5.60. The second kappa shape index (κ2) is 6.38. The SMILES string of the molecule is COCCCNC1CC(C)OC(C)C1. The van der Waals surface area contributed by atoms with Gasteiger partial charge < -0.3 is 14.8 Å². The summed E-state index contributed by atoms with van der Waals surface area (Å²) in [6.45, 7) is 6.21. The van der Waals surface area contributed by atoms with Crippen LogP contribution in [0, 0.1) is 0 Å². The summed E-state index contributed by atoms with van der Waals surface area (Å²) in [5.74, 6) is 0. The molecule has 0 aromatic rings. The van der Waals surface area contributed by atoms with Crippen LogP contribution in [-0.2, 0) is 9.47 Å². The molecular weight excluding hydrogens is 178 g/mol. The van der Waals surface area contributed by atoms with Crippen LogP contribution in [0.5, 0.6) is 0 Å². The lowest BCUT2D eigenvalue weighted by molar-refractivity contribution is -0.0421. The Morgan fingerprint density at radius 2 is 1.93 bits per heavy atom. The largest absolute Gasteiger partial charge is 0.385 e. The van der Waals surface area contributed by atoms with Gasteiger partial charge in [-0.2, -0.15) is 0 Å². The third kappa shape index (κ3) is 4.40. The van der Waals surface area contributed by atoms with Crippen LogP contribution in [0.3, 0.4) is 0 Å². The summed E-state index contributed by atoms with van der Waals surface area (Å²) in [6.07, 6.45) is 4.17. The average molecular weight is 201 g/mol. The molecule has 2 atom stereocenters. The number of hydrogen-bond acceptors (Lipinski definition) is 3. The summed E-state index contributed by atoms with van der Waals surface area (Å²) in [6, 6.07) is 0.630. The minimum Gasteiger partial charge on any atom is -0.385 e. The predicted molar refractivity (Wildman–Crippen MR) is 57.5 cm³/mol. The van der Waals surface area contributed by atoms with Crippen molar-refractivity contribution in [3.05, 3.63) is 0 Å². The third-order valence-electron chi connectivity index (χ3n) is 2.66. The van der Waals surface area contributed by atoms with Crippen LogP contribution in [0.2, 0.25) is 0 Å². The molecule has 0 aromatic heterocycles. The molecule has 0 radical (unpaired) electrons. The van der Waals surface area contributed by atoms with Gasteiger partial charge in [0.1, 0.15) is 0 Å². The van der Waals surface area contributed by atoms with Gasteiger partial charge in [-0.15, -0.1) is 0 Å². The Bertz CT molecular complexity index is 142. The second-order valence-corrected chi connectivity index (χ2v) is 4.23. The molecule has 1 fully saturated rings. The fourth-order valence-corrected chi connectivity index (χ4v) is 2.09. The summed E-state index contributed by atoms with van der Waals surface area (Å²) in [4.78, 5) is 0. The van der Waals surface area contributed by atoms with Crippen molar-refractivity contribution in [2.75, 3.05) is 20.3 Å². The Kier molecular flexibility index (Phi) is 5.45. The molecule has 1 rings (SSSR count). The molecule has 3 nitrogen and oxygen atoms in total. The quantitative estimate of drug-likeness (QED) is 0.685. The predicted octanol–water partition coefficient (Wildman–Crippen LogP) is 1.57. The average Bonchev–Trinajstić information content (AvgIpc) is 2.11. The molecular formula is C11H23NO2. The topological polar surface area (TPSA) is 30.5 Å². The van der Waals surface area contributed by atoms with Crippen LogP contribution in [-0.4, -0.2) is 38.5 Å². The van der Waals surface area contributed by atoms with E-state index in [-0.39, 0.29) is 0 Å². The molecule has 1 aliphatic heterocycles. The van der Waals surface area contributed by atoms with E-state index in [1.165, 1.54) is 0 Å². The van der Waals surface area contributed by atoms with Gasteiger partial charge in [0.25, 0.3) is 0 Å². The highest BCUT2D eigenvalue weighted by Gasteiger charge is 2.23. The first-order chi connectivity index (χ1) is 6.72. The zero-order valence-corrected chi connectivity index (χ0v) is 9.58. The maximum Gasteiger partial charge on any atom is 0.0565 e. The van der Waals surface area contributed by atoms with E-state index < -0.39 is 0 Å². The van der Waals surface area contributed by atoms with Crippen LogP contribution >= 0.6 is 0 Å². The van der Waals surface area contributed by atoms with Crippen LogP contribution in [0.4, 0.5) is 0 Å². The molecule has 1 saturated heterocycles. The monoisotopic (exact) mass is 201 g/mol. The van der Waals surface area contributed by atoms with E-state index in [1.807, 2.05) is 0 Å². The maximum absolute atomic E-state index is 5.68. The highest BCUT2D eigenvalue weighted by molar-refractivity contribution is 4.78. The van der Waals surface area contributed by atoms with Crippen LogP contribution in [0.1, 0.15) is 33.1 Å². The van der Waals surface area contributed by atoms with Gasteiger partial charge >= 0.3 is 0 Å². The van der Waals surface area contributed by atoms with Crippen molar-refractivity contribution < 1.29 is 9.47 Å². The van der Waals surface area contributed by atoms with Gasteiger partial charge in [-0.25, -0.2) is 0 Å². The second-order valence-electron chi connectivity index (χ2n) is 4.23. The van der Waals surface area contributed by atoms with Crippen LogP contribution in [0.15, 0.2) is 0 Å². The van der Waals surface area contributed by atoms with E-state index >= 15 is 0 Å². The number of nitrogens with one attached hydrogen (secondary N) is 1. The van der Waals surface area contributed by atoms with Gasteiger partial charge in [-0.3, -0.25) is 0 Å². The van der Waals surface area contributed by atoms with E-state index in [1.54, 1.807) is 7.11 Å². The van der Waals surface area contributed by atoms with Gasteiger partial charge in [0.2, 0.25) is 0 Å². The Morgan fingerprint density at radius 1 is 1.29 bits per heavy atom. The zero-order valence-electron chi connectivity index (χ0n) is 9.58. The van der Waals surface area contributed by atoms with E-state index in [2.05, 4.69) is 19.2 Å². The highest BCUT2D eigenvalue weighted by Crippen LogP contribution is 2.18. The molecule has 14 heavy (non-hydrogen) atoms. The van der Waals surface area contributed by atoms with Crippen LogP contribution in [0.25, 0.3) is 0 Å². The van der Waals surface area contributed by atoms with E-state index in [0.717, 1.165) is 32.4 Å². The zero-order chi connectivity index (χ0) is 10.4. The fraction of sp³-hybridized carbons (Fsp3) is 1.00. The highest BCUT2D eigenvalue weighted by atomic mass is 16.5. The molecule has 3 heteroatoms. The lowest BCUT2D eigenvalue weighted by atomic mass is 10.00. The Morgan fingerprint density at radius 3 is 2.50 bits per heavy atom. The van der Waals surface area contributed by atoms with Crippen molar-refractivity contribution in [3.8, 4) is 0 Å². The van der Waals surface area contributed by atoms with E-state index in [4.69, 9.17) is 9.47 Å². The van der Waals surface area contributed by atoms with Gasteiger partial charge in [0.05, 0.1) is 12.2 Å². The lowest BCUT2D eigenvalue weighted by Gasteiger charge is -2.32. The molecule has 0 aromatic carbocycles. The van der Waals surface area contributed by atoms with E-state index in [0.29, 0.717) is 18.2 Å². The Balaban J connectivity index is 2.10. The number of hydrogen-bond donors (Lipinski definition) is 1. The van der Waals surface area contributed by atoms with Gasteiger partial charge in [0, 0.05) is 19.8 Å². The molecule has 2 unspecified atom stereocenters. The summed E-state index contributed by atoms with van der Waals surface area (Å²) < 4.78 is 10.7. The van der Waals surface area contributed by atoms with Crippen LogP contribution < -0.4 is 5.32 Å². The van der Waals surface area contributed by atoms with Gasteiger partial charge in [-0.05, 0) is 39.7 Å². The Hall–Kier alpha value is -0.120. The third-order valence-corrected chi connectivity index (χ3v) is 2.66. The molecule has 0 aliphatic carbocycles. The molecule has 0 amide bonds. The first kappa shape index (κ1) is 12.0. The molecule has 1 heterocycles. The molecule has 1 N–H and O–H groups in total. The summed E-state index contributed by atoms with van der Waals surface area (Å²) in [5.41, 5.74) is 0. The molecule has 0 bridgehead atoms. The Labute approximate surface area is 87.2 Å². The fourth-order valence-electron chi connectivity index (χ4n) is 2.09. The number of rotatable bonds is 5. The maximum atomic E-state index is 5.68. The molecule has 84 valence electrons. The summed E-state index contributed by atoms with van der Waals surface area (Å²) in [5, 5.41) is 3.56. The van der Waals surface area contributed by atoms with Crippen molar-refractivity contribution in [3.63, 3.8) is 0 Å². The molecule has 0 saturated carbocycles. The van der Waals surface area contributed by atoms with Gasteiger partial charge in [0.15, 0.2) is 0 Å². The normalized spacial score (nSPS) is 33.2. The number of ether oxygens (including phenoxy) is 2. The van der Waals surface area contributed by atoms with Gasteiger partial charge in [-0.1, -0.05) is 0 Å².